The summed E-state index contributed by atoms with van der Waals surface area (Å²) in [5, 5.41) is 11.6. The third-order valence-corrected chi connectivity index (χ3v) is 3.67. The fourth-order valence-corrected chi connectivity index (χ4v) is 2.38. The third kappa shape index (κ3) is 3.91. The van der Waals surface area contributed by atoms with Gasteiger partial charge in [0.25, 0.3) is 5.91 Å². The Kier molecular flexibility index (Phi) is 4.74. The molecule has 1 amide bonds. The van der Waals surface area contributed by atoms with Crippen LogP contribution in [0.3, 0.4) is 0 Å². The molecule has 2 aromatic rings. The van der Waals surface area contributed by atoms with E-state index in [4.69, 9.17) is 5.11 Å². The number of carboxylic acids is 1. The minimum atomic E-state index is -1.18. The predicted octanol–water partition coefficient (Wildman–Crippen LogP) is 2.19. The average Bonchev–Trinajstić information content (AvgIpc) is 2.53. The fraction of sp³-hybridized carbons (Fsp3) is 0.294. The van der Waals surface area contributed by atoms with Crippen LogP contribution in [-0.2, 0) is 5.41 Å². The number of aromatic nitrogens is 2. The lowest BCUT2D eigenvalue weighted by atomic mass is 9.82. The van der Waals surface area contributed by atoms with E-state index in [0.717, 1.165) is 17.3 Å². The molecule has 6 heteroatoms. The summed E-state index contributed by atoms with van der Waals surface area (Å²) in [6, 6.07) is 8.03. The summed E-state index contributed by atoms with van der Waals surface area (Å²) in [6.07, 6.45) is 2.24. The van der Waals surface area contributed by atoms with Crippen LogP contribution in [0.2, 0.25) is 0 Å². The largest absolute Gasteiger partial charge is 0.476 e. The minimum Gasteiger partial charge on any atom is -0.476 e. The standard InChI is InChI=1S/C17H19N3O3/c1-11-6-4-5-7-12(11)17(2,3)10-20-15(21)13-8-19-14(9-18-13)16(22)23/h4-9H,10H2,1-3H3,(H,20,21)(H,22,23). The van der Waals surface area contributed by atoms with Crippen molar-refractivity contribution in [2.24, 2.45) is 0 Å². The van der Waals surface area contributed by atoms with Crippen molar-refractivity contribution >= 4 is 11.9 Å². The number of hydrogen-bond donors (Lipinski definition) is 2. The molecular weight excluding hydrogens is 294 g/mol. The summed E-state index contributed by atoms with van der Waals surface area (Å²) in [5.74, 6) is -1.55. The van der Waals surface area contributed by atoms with Crippen molar-refractivity contribution in [1.82, 2.24) is 15.3 Å². The van der Waals surface area contributed by atoms with E-state index in [1.54, 1.807) is 0 Å². The van der Waals surface area contributed by atoms with Gasteiger partial charge in [-0.25, -0.2) is 14.8 Å². The Morgan fingerprint density at radius 3 is 2.30 bits per heavy atom. The van der Waals surface area contributed by atoms with E-state index >= 15 is 0 Å². The molecule has 1 heterocycles. The second-order valence-corrected chi connectivity index (χ2v) is 5.97. The minimum absolute atomic E-state index is 0.0931. The number of benzene rings is 1. The molecule has 23 heavy (non-hydrogen) atoms. The molecule has 1 aromatic heterocycles. The van der Waals surface area contributed by atoms with Gasteiger partial charge in [0.2, 0.25) is 0 Å². The van der Waals surface area contributed by atoms with Gasteiger partial charge in [-0.05, 0) is 18.1 Å². The Balaban J connectivity index is 2.06. The van der Waals surface area contributed by atoms with Crippen LogP contribution in [-0.4, -0.2) is 33.5 Å². The number of carbonyl (C=O) groups excluding carboxylic acids is 1. The lowest BCUT2D eigenvalue weighted by Crippen LogP contribution is -2.37. The van der Waals surface area contributed by atoms with E-state index in [2.05, 4.69) is 29.1 Å². The SMILES string of the molecule is Cc1ccccc1C(C)(C)CNC(=O)c1cnc(C(=O)O)cn1. The van der Waals surface area contributed by atoms with Crippen molar-refractivity contribution in [3.8, 4) is 0 Å². The Bertz CT molecular complexity index is 724. The molecule has 6 nitrogen and oxygen atoms in total. The van der Waals surface area contributed by atoms with Crippen molar-refractivity contribution in [2.45, 2.75) is 26.2 Å². The molecule has 0 aliphatic heterocycles. The summed E-state index contributed by atoms with van der Waals surface area (Å²) in [4.78, 5) is 30.4. The molecule has 0 spiro atoms. The van der Waals surface area contributed by atoms with Crippen LogP contribution >= 0.6 is 0 Å². The Labute approximate surface area is 134 Å². The summed E-state index contributed by atoms with van der Waals surface area (Å²) in [7, 11) is 0. The van der Waals surface area contributed by atoms with E-state index in [9.17, 15) is 9.59 Å². The molecule has 0 radical (unpaired) electrons. The zero-order valence-corrected chi connectivity index (χ0v) is 13.3. The molecule has 0 saturated heterocycles. The first-order valence-corrected chi connectivity index (χ1v) is 7.21. The van der Waals surface area contributed by atoms with E-state index < -0.39 is 5.97 Å². The summed E-state index contributed by atoms with van der Waals surface area (Å²) >= 11 is 0. The van der Waals surface area contributed by atoms with Crippen molar-refractivity contribution in [2.75, 3.05) is 6.54 Å². The molecule has 0 aliphatic rings. The molecule has 0 aliphatic carbocycles. The number of aryl methyl sites for hydroxylation is 1. The van der Waals surface area contributed by atoms with Gasteiger partial charge >= 0.3 is 5.97 Å². The highest BCUT2D eigenvalue weighted by Crippen LogP contribution is 2.25. The highest BCUT2D eigenvalue weighted by Gasteiger charge is 2.23. The van der Waals surface area contributed by atoms with Gasteiger partial charge in [-0.1, -0.05) is 38.1 Å². The van der Waals surface area contributed by atoms with Gasteiger partial charge in [-0.15, -0.1) is 0 Å². The van der Waals surface area contributed by atoms with Gasteiger partial charge < -0.3 is 10.4 Å². The van der Waals surface area contributed by atoms with E-state index in [1.807, 2.05) is 31.2 Å². The molecule has 0 atom stereocenters. The molecule has 0 unspecified atom stereocenters. The first-order valence-electron chi connectivity index (χ1n) is 7.21. The molecule has 0 saturated carbocycles. The quantitative estimate of drug-likeness (QED) is 0.882. The van der Waals surface area contributed by atoms with Crippen molar-refractivity contribution in [3.63, 3.8) is 0 Å². The van der Waals surface area contributed by atoms with Crippen LogP contribution in [0.4, 0.5) is 0 Å². The number of carboxylic acid groups (broad SMARTS) is 1. The maximum Gasteiger partial charge on any atom is 0.356 e. The van der Waals surface area contributed by atoms with Gasteiger partial charge in [0, 0.05) is 12.0 Å². The maximum absolute atomic E-state index is 12.1. The number of aromatic carboxylic acids is 1. The summed E-state index contributed by atoms with van der Waals surface area (Å²) < 4.78 is 0. The van der Waals surface area contributed by atoms with E-state index in [0.29, 0.717) is 6.54 Å². The molecule has 120 valence electrons. The number of nitrogens with one attached hydrogen (secondary N) is 1. The van der Waals surface area contributed by atoms with Crippen molar-refractivity contribution < 1.29 is 14.7 Å². The monoisotopic (exact) mass is 313 g/mol. The molecule has 0 bridgehead atoms. The van der Waals surface area contributed by atoms with Gasteiger partial charge in [0.05, 0.1) is 12.4 Å². The maximum atomic E-state index is 12.1. The second-order valence-electron chi connectivity index (χ2n) is 5.97. The zero-order valence-electron chi connectivity index (χ0n) is 13.3. The Morgan fingerprint density at radius 2 is 1.74 bits per heavy atom. The lowest BCUT2D eigenvalue weighted by Gasteiger charge is -2.27. The van der Waals surface area contributed by atoms with Crippen LogP contribution in [0.1, 0.15) is 46.0 Å². The number of rotatable bonds is 5. The normalized spacial score (nSPS) is 11.1. The lowest BCUT2D eigenvalue weighted by molar-refractivity contribution is 0.0689. The van der Waals surface area contributed by atoms with E-state index in [-0.39, 0.29) is 22.7 Å². The van der Waals surface area contributed by atoms with Crippen LogP contribution in [0.15, 0.2) is 36.7 Å². The van der Waals surface area contributed by atoms with Gasteiger partial charge in [0.1, 0.15) is 5.69 Å². The zero-order chi connectivity index (χ0) is 17.0. The molecule has 2 N–H and O–H groups in total. The number of amides is 1. The first-order chi connectivity index (χ1) is 10.8. The molecular formula is C17H19N3O3. The average molecular weight is 313 g/mol. The van der Waals surface area contributed by atoms with Crippen molar-refractivity contribution in [3.05, 3.63) is 59.2 Å². The molecule has 1 aromatic carbocycles. The Hall–Kier alpha value is -2.76. The van der Waals surface area contributed by atoms with Gasteiger partial charge in [0.15, 0.2) is 5.69 Å². The highest BCUT2D eigenvalue weighted by atomic mass is 16.4. The van der Waals surface area contributed by atoms with E-state index in [1.165, 1.54) is 6.20 Å². The van der Waals surface area contributed by atoms with Gasteiger partial charge in [-0.3, -0.25) is 4.79 Å². The number of nitrogens with zero attached hydrogens (tertiary/aromatic N) is 2. The fourth-order valence-electron chi connectivity index (χ4n) is 2.38. The van der Waals surface area contributed by atoms with Crippen LogP contribution in [0.25, 0.3) is 0 Å². The molecule has 2 rings (SSSR count). The first kappa shape index (κ1) is 16.6. The smallest absolute Gasteiger partial charge is 0.356 e. The van der Waals surface area contributed by atoms with Crippen LogP contribution in [0.5, 0.6) is 0 Å². The van der Waals surface area contributed by atoms with Gasteiger partial charge in [-0.2, -0.15) is 0 Å². The second kappa shape index (κ2) is 6.56. The highest BCUT2D eigenvalue weighted by molar-refractivity contribution is 5.92. The Morgan fingerprint density at radius 1 is 1.13 bits per heavy atom. The van der Waals surface area contributed by atoms with Crippen LogP contribution < -0.4 is 5.32 Å². The number of carbonyl (C=O) groups is 2. The topological polar surface area (TPSA) is 92.2 Å². The third-order valence-electron chi connectivity index (χ3n) is 3.67. The predicted molar refractivity (Wildman–Crippen MR) is 85.5 cm³/mol. The summed E-state index contributed by atoms with van der Waals surface area (Å²) in [5.41, 5.74) is 1.98. The molecule has 0 fully saturated rings. The number of hydrogen-bond acceptors (Lipinski definition) is 4. The summed E-state index contributed by atoms with van der Waals surface area (Å²) in [6.45, 7) is 6.57. The van der Waals surface area contributed by atoms with Crippen molar-refractivity contribution in [1.29, 1.82) is 0 Å². The van der Waals surface area contributed by atoms with Crippen LogP contribution in [0, 0.1) is 6.92 Å².